The van der Waals surface area contributed by atoms with Crippen molar-refractivity contribution in [2.45, 2.75) is 0 Å². The van der Waals surface area contributed by atoms with E-state index in [2.05, 4.69) is 16.4 Å². The molecule has 0 unspecified atom stereocenters. The normalized spacial score (nSPS) is 11.3. The molecule has 2 aromatic carbocycles. The molecule has 0 aliphatic rings. The van der Waals surface area contributed by atoms with Gasteiger partial charge in [0, 0.05) is 31.4 Å². The lowest BCUT2D eigenvalue weighted by atomic mass is 10.3. The number of anilines is 1. The Hall–Kier alpha value is -2.62. The second-order valence-corrected chi connectivity index (χ2v) is 4.82. The zero-order valence-corrected chi connectivity index (χ0v) is 11.6. The maximum Gasteiger partial charge on any atom is 0.0895 e. The van der Waals surface area contributed by atoms with Crippen molar-refractivity contribution in [2.24, 2.45) is 10.3 Å². The third-order valence-corrected chi connectivity index (χ3v) is 3.18. The first-order chi connectivity index (χ1) is 9.74. The molecule has 0 fully saturated rings. The highest BCUT2D eigenvalue weighted by molar-refractivity contribution is 5.79. The molecular weight excluding hydrogens is 248 g/mol. The smallest absolute Gasteiger partial charge is 0.0895 e. The van der Waals surface area contributed by atoms with Crippen molar-refractivity contribution in [1.82, 2.24) is 4.68 Å². The number of hydrogen-bond donors (Lipinski definition) is 0. The third-order valence-electron chi connectivity index (χ3n) is 3.18. The number of para-hydroxylation sites is 1. The average Bonchev–Trinajstić information content (AvgIpc) is 2.89. The molecule has 0 saturated carbocycles. The van der Waals surface area contributed by atoms with Crippen LogP contribution in [-0.4, -0.2) is 18.8 Å². The second-order valence-electron chi connectivity index (χ2n) is 4.82. The van der Waals surface area contributed by atoms with E-state index in [1.807, 2.05) is 73.7 Å². The Morgan fingerprint density at radius 2 is 1.80 bits per heavy atom. The minimum Gasteiger partial charge on any atom is -0.378 e. The third kappa shape index (κ3) is 2.40. The molecule has 20 heavy (non-hydrogen) atoms. The van der Waals surface area contributed by atoms with Gasteiger partial charge in [0.25, 0.3) is 0 Å². The first-order valence-corrected chi connectivity index (χ1v) is 6.49. The second kappa shape index (κ2) is 5.17. The van der Waals surface area contributed by atoms with E-state index >= 15 is 0 Å². The molecule has 0 aliphatic carbocycles. The van der Waals surface area contributed by atoms with Crippen molar-refractivity contribution in [3.8, 4) is 0 Å². The van der Waals surface area contributed by atoms with E-state index in [1.165, 1.54) is 0 Å². The predicted molar refractivity (Wildman–Crippen MR) is 82.6 cm³/mol. The van der Waals surface area contributed by atoms with Crippen molar-refractivity contribution in [3.05, 3.63) is 60.8 Å². The fourth-order valence-corrected chi connectivity index (χ4v) is 2.08. The van der Waals surface area contributed by atoms with Crippen molar-refractivity contribution < 1.29 is 0 Å². The van der Waals surface area contributed by atoms with Gasteiger partial charge in [0.1, 0.15) is 0 Å². The van der Waals surface area contributed by atoms with E-state index in [9.17, 15) is 0 Å². The van der Waals surface area contributed by atoms with Crippen molar-refractivity contribution in [1.29, 1.82) is 0 Å². The van der Waals surface area contributed by atoms with Gasteiger partial charge in [-0.05, 0) is 30.3 Å². The summed E-state index contributed by atoms with van der Waals surface area (Å²) in [5.74, 6) is 0. The molecule has 0 radical (unpaired) electrons. The van der Waals surface area contributed by atoms with Crippen LogP contribution in [-0.2, 0) is 0 Å². The van der Waals surface area contributed by atoms with Crippen LogP contribution in [0.1, 0.15) is 0 Å². The molecule has 0 N–H and O–H groups in total. The van der Waals surface area contributed by atoms with Crippen LogP contribution in [0.25, 0.3) is 10.9 Å². The molecule has 4 heteroatoms. The average molecular weight is 264 g/mol. The highest BCUT2D eigenvalue weighted by Crippen LogP contribution is 2.21. The molecule has 0 aliphatic heterocycles. The summed E-state index contributed by atoms with van der Waals surface area (Å²) in [5, 5.41) is 9.75. The summed E-state index contributed by atoms with van der Waals surface area (Å²) in [6.07, 6.45) is 1.92. The van der Waals surface area contributed by atoms with E-state index in [0.717, 1.165) is 22.3 Å². The molecule has 3 aromatic rings. The number of fused-ring (bicyclic) bond motifs is 1. The molecule has 0 bridgehead atoms. The van der Waals surface area contributed by atoms with Crippen LogP contribution < -0.4 is 4.90 Å². The minimum absolute atomic E-state index is 0.842. The highest BCUT2D eigenvalue weighted by Gasteiger charge is 1.99. The summed E-state index contributed by atoms with van der Waals surface area (Å²) < 4.78 is 1.79. The van der Waals surface area contributed by atoms with Crippen LogP contribution in [0.5, 0.6) is 0 Å². The summed E-state index contributed by atoms with van der Waals surface area (Å²) in [5.41, 5.74) is 3.01. The molecule has 0 spiro atoms. The molecule has 0 amide bonds. The van der Waals surface area contributed by atoms with Crippen LogP contribution in [0.15, 0.2) is 71.1 Å². The van der Waals surface area contributed by atoms with Gasteiger partial charge in [-0.2, -0.15) is 0 Å². The Kier molecular flexibility index (Phi) is 3.21. The van der Waals surface area contributed by atoms with Crippen LogP contribution >= 0.6 is 0 Å². The van der Waals surface area contributed by atoms with E-state index in [1.54, 1.807) is 4.68 Å². The van der Waals surface area contributed by atoms with Gasteiger partial charge in [-0.15, -0.1) is 5.11 Å². The van der Waals surface area contributed by atoms with Gasteiger partial charge >= 0.3 is 0 Å². The van der Waals surface area contributed by atoms with Crippen molar-refractivity contribution in [3.63, 3.8) is 0 Å². The molecule has 4 nitrogen and oxygen atoms in total. The zero-order chi connectivity index (χ0) is 13.9. The van der Waals surface area contributed by atoms with Gasteiger partial charge in [-0.3, -0.25) is 0 Å². The first-order valence-electron chi connectivity index (χ1n) is 6.49. The van der Waals surface area contributed by atoms with Gasteiger partial charge in [-0.1, -0.05) is 29.5 Å². The molecular formula is C16H16N4. The summed E-state index contributed by atoms with van der Waals surface area (Å²) >= 11 is 0. The Balaban J connectivity index is 1.92. The predicted octanol–water partition coefficient (Wildman–Crippen LogP) is 4.25. The van der Waals surface area contributed by atoms with Crippen molar-refractivity contribution >= 4 is 22.3 Å². The van der Waals surface area contributed by atoms with Crippen LogP contribution in [0, 0.1) is 0 Å². The van der Waals surface area contributed by atoms with Gasteiger partial charge in [0.05, 0.1) is 11.2 Å². The van der Waals surface area contributed by atoms with Crippen LogP contribution in [0.3, 0.4) is 0 Å². The Bertz CT molecular complexity index is 756. The summed E-state index contributed by atoms with van der Waals surface area (Å²) in [6, 6.07) is 18.1. The van der Waals surface area contributed by atoms with E-state index in [-0.39, 0.29) is 0 Å². The molecule has 0 saturated heterocycles. The zero-order valence-electron chi connectivity index (χ0n) is 11.6. The van der Waals surface area contributed by atoms with E-state index in [4.69, 9.17) is 0 Å². The van der Waals surface area contributed by atoms with Gasteiger partial charge < -0.3 is 4.90 Å². The minimum atomic E-state index is 0.842. The fraction of sp³-hybridized carbons (Fsp3) is 0.125. The van der Waals surface area contributed by atoms with Gasteiger partial charge in [0.15, 0.2) is 0 Å². The molecule has 1 aromatic heterocycles. The van der Waals surface area contributed by atoms with E-state index in [0.29, 0.717) is 0 Å². The monoisotopic (exact) mass is 264 g/mol. The summed E-state index contributed by atoms with van der Waals surface area (Å²) in [7, 11) is 4.02. The standard InChI is InChI=1S/C16H16N4/c1-19(2)15-8-5-7-14(12-15)17-18-20-11-10-13-6-3-4-9-16(13)20/h3-12H,1-2H3. The lowest BCUT2D eigenvalue weighted by Crippen LogP contribution is -2.07. The quantitative estimate of drug-likeness (QED) is 0.651. The molecule has 3 rings (SSSR count). The molecule has 100 valence electrons. The lowest BCUT2D eigenvalue weighted by molar-refractivity contribution is 0.841. The van der Waals surface area contributed by atoms with Crippen LogP contribution in [0.2, 0.25) is 0 Å². The highest BCUT2D eigenvalue weighted by atomic mass is 15.5. The lowest BCUT2D eigenvalue weighted by Gasteiger charge is -2.11. The topological polar surface area (TPSA) is 32.9 Å². The number of rotatable bonds is 3. The fourth-order valence-electron chi connectivity index (χ4n) is 2.08. The Morgan fingerprint density at radius 1 is 0.950 bits per heavy atom. The summed E-state index contributed by atoms with van der Waals surface area (Å²) in [6.45, 7) is 0. The molecule has 1 heterocycles. The number of hydrogen-bond acceptors (Lipinski definition) is 3. The van der Waals surface area contributed by atoms with Crippen LogP contribution in [0.4, 0.5) is 11.4 Å². The van der Waals surface area contributed by atoms with E-state index < -0.39 is 0 Å². The number of nitrogens with zero attached hydrogens (tertiary/aromatic N) is 4. The molecule has 0 atom stereocenters. The first kappa shape index (κ1) is 12.4. The maximum atomic E-state index is 4.30. The largest absolute Gasteiger partial charge is 0.378 e. The SMILES string of the molecule is CN(C)c1cccc(N=Nn2ccc3ccccc32)c1. The van der Waals surface area contributed by atoms with Gasteiger partial charge in [-0.25, -0.2) is 4.68 Å². The van der Waals surface area contributed by atoms with Gasteiger partial charge in [0.2, 0.25) is 0 Å². The van der Waals surface area contributed by atoms with Crippen molar-refractivity contribution in [2.75, 3.05) is 19.0 Å². The maximum absolute atomic E-state index is 4.30. The summed E-state index contributed by atoms with van der Waals surface area (Å²) in [4.78, 5) is 2.05. The number of benzene rings is 2. The number of aromatic nitrogens is 1. The Labute approximate surface area is 117 Å². The Morgan fingerprint density at radius 3 is 2.65 bits per heavy atom.